The van der Waals surface area contributed by atoms with Crippen LogP contribution in [-0.2, 0) is 9.59 Å². The number of piperazine rings is 3. The third-order valence-corrected chi connectivity index (χ3v) is 4.77. The van der Waals surface area contributed by atoms with Crippen LogP contribution in [0.2, 0.25) is 0 Å². The number of hydrogen-bond acceptors (Lipinski definition) is 4. The zero-order valence-corrected chi connectivity index (χ0v) is 14.5. The second kappa shape index (κ2) is 4.46. The lowest BCUT2D eigenvalue weighted by molar-refractivity contribution is -0.134. The Morgan fingerprint density at radius 3 is 1.14 bits per heavy atom. The van der Waals surface area contributed by atoms with E-state index in [4.69, 9.17) is 0 Å². The van der Waals surface area contributed by atoms with E-state index in [1.807, 2.05) is 41.5 Å². The number of Topliss-reactive ketones (excluding diaryl/α,β-unsaturated/α-hetero) is 2. The third kappa shape index (κ3) is 2.03. The normalized spacial score (nSPS) is 22.8. The molecular formula is C18H26N2O2. The minimum Gasteiger partial charge on any atom is -0.366 e. The molecule has 0 radical (unpaired) electrons. The van der Waals surface area contributed by atoms with Crippen molar-refractivity contribution in [2.45, 2.75) is 41.5 Å². The molecule has 4 heteroatoms. The molecule has 4 rings (SSSR count). The standard InChI is InChI=1S/C18H26N2O2/c1-17(2,3)11-13-14(20-9-7-19(13)8-10-20)12(18(4,5)6)16(22)15(11)21/h7-10H2,1-6H3. The van der Waals surface area contributed by atoms with Gasteiger partial charge in [-0.05, 0) is 10.8 Å². The van der Waals surface area contributed by atoms with Gasteiger partial charge in [-0.3, -0.25) is 9.59 Å². The highest BCUT2D eigenvalue weighted by atomic mass is 16.2. The molecule has 2 bridgehead atoms. The summed E-state index contributed by atoms with van der Waals surface area (Å²) in [5.41, 5.74) is 2.80. The Hall–Kier alpha value is -1.58. The Kier molecular flexibility index (Phi) is 3.11. The van der Waals surface area contributed by atoms with Gasteiger partial charge in [-0.1, -0.05) is 41.5 Å². The van der Waals surface area contributed by atoms with Crippen molar-refractivity contribution >= 4 is 11.6 Å². The fraction of sp³-hybridized carbons (Fsp3) is 0.667. The van der Waals surface area contributed by atoms with E-state index in [1.165, 1.54) is 0 Å². The van der Waals surface area contributed by atoms with Crippen molar-refractivity contribution < 1.29 is 9.59 Å². The van der Waals surface area contributed by atoms with Gasteiger partial charge in [-0.25, -0.2) is 0 Å². The van der Waals surface area contributed by atoms with Gasteiger partial charge < -0.3 is 9.80 Å². The average Bonchev–Trinajstić information content (AvgIpc) is 2.38. The molecule has 0 aromatic carbocycles. The molecule has 4 nitrogen and oxygen atoms in total. The van der Waals surface area contributed by atoms with E-state index in [2.05, 4.69) is 9.80 Å². The molecule has 0 unspecified atom stereocenters. The molecule has 1 aliphatic carbocycles. The van der Waals surface area contributed by atoms with Crippen molar-refractivity contribution in [1.82, 2.24) is 9.80 Å². The van der Waals surface area contributed by atoms with Crippen molar-refractivity contribution in [2.75, 3.05) is 26.2 Å². The van der Waals surface area contributed by atoms with Gasteiger partial charge in [0.15, 0.2) is 0 Å². The van der Waals surface area contributed by atoms with E-state index in [-0.39, 0.29) is 22.4 Å². The molecule has 3 saturated heterocycles. The Morgan fingerprint density at radius 2 is 0.909 bits per heavy atom. The number of allylic oxidation sites excluding steroid dienone is 2. The molecule has 0 aromatic rings. The molecule has 3 fully saturated rings. The van der Waals surface area contributed by atoms with Crippen LogP contribution in [0.15, 0.2) is 22.5 Å². The van der Waals surface area contributed by atoms with Gasteiger partial charge in [0.25, 0.3) is 0 Å². The number of ketones is 2. The Morgan fingerprint density at radius 1 is 0.636 bits per heavy atom. The molecule has 3 heterocycles. The monoisotopic (exact) mass is 302 g/mol. The number of fused-ring (bicyclic) bond motifs is 2. The van der Waals surface area contributed by atoms with Gasteiger partial charge in [0.1, 0.15) is 0 Å². The van der Waals surface area contributed by atoms with Crippen LogP contribution in [0.4, 0.5) is 0 Å². The first-order valence-electron chi connectivity index (χ1n) is 8.12. The molecule has 0 aromatic heterocycles. The van der Waals surface area contributed by atoms with Crippen LogP contribution in [-0.4, -0.2) is 47.5 Å². The third-order valence-electron chi connectivity index (χ3n) is 4.77. The summed E-state index contributed by atoms with van der Waals surface area (Å²) in [6.45, 7) is 15.9. The van der Waals surface area contributed by atoms with E-state index >= 15 is 0 Å². The van der Waals surface area contributed by atoms with E-state index in [9.17, 15) is 9.59 Å². The SMILES string of the molecule is CC(C)(C)C1=C2C(=C(C(C)(C)C)C(=O)C1=O)N1CCN2CC1. The maximum Gasteiger partial charge on any atom is 0.231 e. The average molecular weight is 302 g/mol. The Bertz CT molecular complexity index is 562. The summed E-state index contributed by atoms with van der Waals surface area (Å²) in [6, 6.07) is 0. The highest BCUT2D eigenvalue weighted by Crippen LogP contribution is 2.46. The second-order valence-corrected chi connectivity index (χ2v) is 8.58. The topological polar surface area (TPSA) is 40.6 Å². The fourth-order valence-electron chi connectivity index (χ4n) is 3.84. The first-order chi connectivity index (χ1) is 10.0. The van der Waals surface area contributed by atoms with Crippen molar-refractivity contribution in [3.05, 3.63) is 22.5 Å². The second-order valence-electron chi connectivity index (χ2n) is 8.58. The summed E-state index contributed by atoms with van der Waals surface area (Å²) >= 11 is 0. The van der Waals surface area contributed by atoms with Gasteiger partial charge in [-0.2, -0.15) is 0 Å². The van der Waals surface area contributed by atoms with Crippen molar-refractivity contribution in [3.8, 4) is 0 Å². The van der Waals surface area contributed by atoms with E-state index in [1.54, 1.807) is 0 Å². The Balaban J connectivity index is 2.36. The fourth-order valence-corrected chi connectivity index (χ4v) is 3.84. The molecule has 0 atom stereocenters. The minimum atomic E-state index is -0.324. The van der Waals surface area contributed by atoms with Crippen LogP contribution >= 0.6 is 0 Å². The van der Waals surface area contributed by atoms with Gasteiger partial charge in [0.2, 0.25) is 11.6 Å². The number of rotatable bonds is 0. The maximum atomic E-state index is 12.9. The van der Waals surface area contributed by atoms with Crippen LogP contribution in [0, 0.1) is 10.8 Å². The first kappa shape index (κ1) is 15.3. The quantitative estimate of drug-likeness (QED) is 0.509. The van der Waals surface area contributed by atoms with Crippen LogP contribution in [0.3, 0.4) is 0 Å². The lowest BCUT2D eigenvalue weighted by atomic mass is 9.70. The van der Waals surface area contributed by atoms with Crippen molar-refractivity contribution in [3.63, 3.8) is 0 Å². The zero-order valence-electron chi connectivity index (χ0n) is 14.5. The zero-order chi connectivity index (χ0) is 16.4. The lowest BCUT2D eigenvalue weighted by Crippen LogP contribution is -2.57. The molecule has 120 valence electrons. The number of hydrogen-bond donors (Lipinski definition) is 0. The summed E-state index contributed by atoms with van der Waals surface area (Å²) in [5, 5.41) is 0. The summed E-state index contributed by atoms with van der Waals surface area (Å²) < 4.78 is 0. The van der Waals surface area contributed by atoms with Gasteiger partial charge in [0.05, 0.1) is 11.4 Å². The minimum absolute atomic E-state index is 0.301. The number of carbonyl (C=O) groups is 2. The molecule has 0 amide bonds. The molecule has 4 aliphatic rings. The van der Waals surface area contributed by atoms with Crippen LogP contribution in [0.1, 0.15) is 41.5 Å². The molecular weight excluding hydrogens is 276 g/mol. The number of carbonyl (C=O) groups excluding carboxylic acids is 2. The summed E-state index contributed by atoms with van der Waals surface area (Å²) in [7, 11) is 0. The summed E-state index contributed by atoms with van der Waals surface area (Å²) in [6.07, 6.45) is 0. The van der Waals surface area contributed by atoms with Crippen molar-refractivity contribution in [1.29, 1.82) is 0 Å². The highest BCUT2D eigenvalue weighted by molar-refractivity contribution is 6.50. The van der Waals surface area contributed by atoms with Crippen LogP contribution in [0.25, 0.3) is 0 Å². The van der Waals surface area contributed by atoms with E-state index in [0.29, 0.717) is 11.1 Å². The summed E-state index contributed by atoms with van der Waals surface area (Å²) in [5.74, 6) is -0.602. The maximum absolute atomic E-state index is 12.9. The first-order valence-corrected chi connectivity index (χ1v) is 8.12. The van der Waals surface area contributed by atoms with Gasteiger partial charge >= 0.3 is 0 Å². The summed E-state index contributed by atoms with van der Waals surface area (Å²) in [4.78, 5) is 30.4. The van der Waals surface area contributed by atoms with E-state index in [0.717, 1.165) is 37.6 Å². The molecule has 0 spiro atoms. The largest absolute Gasteiger partial charge is 0.366 e. The molecule has 0 saturated carbocycles. The van der Waals surface area contributed by atoms with E-state index < -0.39 is 0 Å². The molecule has 0 N–H and O–H groups in total. The highest BCUT2D eigenvalue weighted by Gasteiger charge is 2.48. The van der Waals surface area contributed by atoms with Gasteiger partial charge in [0, 0.05) is 37.3 Å². The van der Waals surface area contributed by atoms with Crippen molar-refractivity contribution in [2.24, 2.45) is 10.8 Å². The predicted octanol–water partition coefficient (Wildman–Crippen LogP) is 2.37. The molecule has 3 aliphatic heterocycles. The van der Waals surface area contributed by atoms with Gasteiger partial charge in [-0.15, -0.1) is 0 Å². The molecule has 22 heavy (non-hydrogen) atoms. The number of nitrogens with zero attached hydrogens (tertiary/aromatic N) is 2. The smallest absolute Gasteiger partial charge is 0.231 e. The Labute approximate surface area is 132 Å². The lowest BCUT2D eigenvalue weighted by Gasteiger charge is -2.52. The van der Waals surface area contributed by atoms with Crippen LogP contribution < -0.4 is 0 Å². The van der Waals surface area contributed by atoms with Crippen LogP contribution in [0.5, 0.6) is 0 Å². The predicted molar refractivity (Wildman–Crippen MR) is 86.1 cm³/mol.